The second-order valence-electron chi connectivity index (χ2n) is 4.34. The number of rotatable bonds is 2. The van der Waals surface area contributed by atoms with Gasteiger partial charge in [0.1, 0.15) is 0 Å². The van der Waals surface area contributed by atoms with Crippen LogP contribution in [0.25, 0.3) is 21.7 Å². The van der Waals surface area contributed by atoms with Gasteiger partial charge in [-0.25, -0.2) is 4.98 Å². The molecule has 3 nitrogen and oxygen atoms in total. The Labute approximate surface area is 115 Å². The van der Waals surface area contributed by atoms with E-state index in [2.05, 4.69) is 35.1 Å². The van der Waals surface area contributed by atoms with E-state index in [1.807, 2.05) is 18.2 Å². The van der Waals surface area contributed by atoms with Gasteiger partial charge >= 0.3 is 0 Å². The molecule has 19 heavy (non-hydrogen) atoms. The van der Waals surface area contributed by atoms with Crippen LogP contribution in [-0.4, -0.2) is 9.97 Å². The quantitative estimate of drug-likeness (QED) is 0.769. The van der Waals surface area contributed by atoms with Crippen molar-refractivity contribution in [1.82, 2.24) is 9.97 Å². The van der Waals surface area contributed by atoms with Crippen LogP contribution in [-0.2, 0) is 0 Å². The Balaban J connectivity index is 2.18. The minimum Gasteiger partial charge on any atom is -0.375 e. The fraction of sp³-hybridized carbons (Fsp3) is 0.0667. The van der Waals surface area contributed by atoms with Crippen molar-refractivity contribution in [2.75, 3.05) is 5.73 Å². The number of aryl methyl sites for hydroxylation is 1. The molecule has 0 fully saturated rings. The summed E-state index contributed by atoms with van der Waals surface area (Å²) in [5, 5.41) is 0.586. The van der Waals surface area contributed by atoms with Crippen LogP contribution in [0.2, 0.25) is 0 Å². The highest BCUT2D eigenvalue weighted by atomic mass is 32.1. The minimum atomic E-state index is 0.586. The third-order valence-corrected chi connectivity index (χ3v) is 3.81. The SMILES string of the molecule is Cc1cccc(-c2nc(N)sc2-c2ccncc2)c1. The molecule has 0 saturated heterocycles. The van der Waals surface area contributed by atoms with Gasteiger partial charge in [0.25, 0.3) is 0 Å². The maximum atomic E-state index is 5.88. The molecule has 0 spiro atoms. The van der Waals surface area contributed by atoms with Crippen LogP contribution >= 0.6 is 11.3 Å². The molecule has 2 N–H and O–H groups in total. The van der Waals surface area contributed by atoms with Gasteiger partial charge < -0.3 is 5.73 Å². The fourth-order valence-electron chi connectivity index (χ4n) is 2.02. The first-order chi connectivity index (χ1) is 9.24. The van der Waals surface area contributed by atoms with E-state index in [0.717, 1.165) is 21.7 Å². The molecule has 0 atom stereocenters. The van der Waals surface area contributed by atoms with E-state index in [0.29, 0.717) is 5.13 Å². The molecule has 2 aromatic heterocycles. The number of benzene rings is 1. The molecular weight excluding hydrogens is 254 g/mol. The molecule has 1 aromatic carbocycles. The Morgan fingerprint density at radius 3 is 2.58 bits per heavy atom. The van der Waals surface area contributed by atoms with Gasteiger partial charge in [0, 0.05) is 18.0 Å². The topological polar surface area (TPSA) is 51.8 Å². The minimum absolute atomic E-state index is 0.586. The lowest BCUT2D eigenvalue weighted by Gasteiger charge is -2.03. The number of aromatic nitrogens is 2. The first kappa shape index (κ1) is 11.9. The predicted octanol–water partition coefficient (Wildman–Crippen LogP) is 3.76. The summed E-state index contributed by atoms with van der Waals surface area (Å²) < 4.78 is 0. The van der Waals surface area contributed by atoms with Crippen molar-refractivity contribution in [2.45, 2.75) is 6.92 Å². The predicted molar refractivity (Wildman–Crippen MR) is 79.9 cm³/mol. The maximum absolute atomic E-state index is 5.88. The second kappa shape index (κ2) is 4.82. The fourth-order valence-corrected chi connectivity index (χ4v) is 2.88. The Morgan fingerprint density at radius 2 is 1.84 bits per heavy atom. The number of nitrogen functional groups attached to an aromatic ring is 1. The molecule has 2 heterocycles. The van der Waals surface area contributed by atoms with Crippen LogP contribution in [0.5, 0.6) is 0 Å². The van der Waals surface area contributed by atoms with Gasteiger partial charge in [-0.1, -0.05) is 35.1 Å². The Morgan fingerprint density at radius 1 is 1.05 bits per heavy atom. The van der Waals surface area contributed by atoms with Gasteiger partial charge in [0.05, 0.1) is 10.6 Å². The summed E-state index contributed by atoms with van der Waals surface area (Å²) >= 11 is 1.51. The number of hydrogen-bond donors (Lipinski definition) is 1. The molecule has 3 rings (SSSR count). The number of anilines is 1. The number of pyridine rings is 1. The molecular formula is C15H13N3S. The zero-order valence-corrected chi connectivity index (χ0v) is 11.3. The second-order valence-corrected chi connectivity index (χ2v) is 5.37. The van der Waals surface area contributed by atoms with Crippen molar-refractivity contribution in [3.05, 3.63) is 54.4 Å². The first-order valence-electron chi connectivity index (χ1n) is 5.98. The number of hydrogen-bond acceptors (Lipinski definition) is 4. The van der Waals surface area contributed by atoms with Crippen LogP contribution < -0.4 is 5.73 Å². The lowest BCUT2D eigenvalue weighted by molar-refractivity contribution is 1.33. The van der Waals surface area contributed by atoms with Crippen molar-refractivity contribution in [3.8, 4) is 21.7 Å². The summed E-state index contributed by atoms with van der Waals surface area (Å²) in [6, 6.07) is 12.3. The molecule has 4 heteroatoms. The smallest absolute Gasteiger partial charge is 0.181 e. The summed E-state index contributed by atoms with van der Waals surface area (Å²) in [5.41, 5.74) is 10.2. The summed E-state index contributed by atoms with van der Waals surface area (Å²) in [6.45, 7) is 2.07. The summed E-state index contributed by atoms with van der Waals surface area (Å²) in [5.74, 6) is 0. The van der Waals surface area contributed by atoms with Crippen LogP contribution in [0, 0.1) is 6.92 Å². The highest BCUT2D eigenvalue weighted by molar-refractivity contribution is 7.19. The van der Waals surface area contributed by atoms with Crippen molar-refractivity contribution in [1.29, 1.82) is 0 Å². The average Bonchev–Trinajstić information content (AvgIpc) is 2.82. The molecule has 0 unspecified atom stereocenters. The van der Waals surface area contributed by atoms with Crippen LogP contribution in [0.1, 0.15) is 5.56 Å². The van der Waals surface area contributed by atoms with Crippen molar-refractivity contribution in [2.24, 2.45) is 0 Å². The molecule has 0 aliphatic heterocycles. The normalized spacial score (nSPS) is 10.6. The van der Waals surface area contributed by atoms with Gasteiger partial charge in [0.15, 0.2) is 5.13 Å². The van der Waals surface area contributed by atoms with E-state index < -0.39 is 0 Å². The van der Waals surface area contributed by atoms with E-state index in [9.17, 15) is 0 Å². The van der Waals surface area contributed by atoms with E-state index in [1.165, 1.54) is 16.9 Å². The third kappa shape index (κ3) is 2.35. The van der Waals surface area contributed by atoms with E-state index in [-0.39, 0.29) is 0 Å². The molecule has 0 bridgehead atoms. The standard InChI is InChI=1S/C15H13N3S/c1-10-3-2-4-12(9-10)13-14(19-15(16)18-13)11-5-7-17-8-6-11/h2-9H,1H3,(H2,16,18). The van der Waals surface area contributed by atoms with Gasteiger partial charge in [-0.05, 0) is 30.7 Å². The van der Waals surface area contributed by atoms with Gasteiger partial charge in [-0.2, -0.15) is 0 Å². The molecule has 0 aliphatic rings. The summed E-state index contributed by atoms with van der Waals surface area (Å²) in [4.78, 5) is 9.61. The molecule has 3 aromatic rings. The molecule has 0 radical (unpaired) electrons. The number of thiazole rings is 1. The van der Waals surface area contributed by atoms with Crippen molar-refractivity contribution >= 4 is 16.5 Å². The number of nitrogens with zero attached hydrogens (tertiary/aromatic N) is 2. The summed E-state index contributed by atoms with van der Waals surface area (Å²) in [7, 11) is 0. The van der Waals surface area contributed by atoms with E-state index >= 15 is 0 Å². The highest BCUT2D eigenvalue weighted by Crippen LogP contribution is 2.37. The largest absolute Gasteiger partial charge is 0.375 e. The first-order valence-corrected chi connectivity index (χ1v) is 6.79. The lowest BCUT2D eigenvalue weighted by atomic mass is 10.1. The highest BCUT2D eigenvalue weighted by Gasteiger charge is 2.13. The Kier molecular flexibility index (Phi) is 3.01. The van der Waals surface area contributed by atoms with Crippen molar-refractivity contribution < 1.29 is 0 Å². The molecule has 0 saturated carbocycles. The van der Waals surface area contributed by atoms with Crippen molar-refractivity contribution in [3.63, 3.8) is 0 Å². The van der Waals surface area contributed by atoms with Gasteiger partial charge in [0.2, 0.25) is 0 Å². The van der Waals surface area contributed by atoms with Crippen LogP contribution in [0.4, 0.5) is 5.13 Å². The Bertz CT molecular complexity index is 704. The third-order valence-electron chi connectivity index (χ3n) is 2.88. The molecule has 0 aliphatic carbocycles. The van der Waals surface area contributed by atoms with E-state index in [1.54, 1.807) is 12.4 Å². The summed E-state index contributed by atoms with van der Waals surface area (Å²) in [6.07, 6.45) is 3.57. The molecule has 0 amide bonds. The monoisotopic (exact) mass is 267 g/mol. The van der Waals surface area contributed by atoms with Gasteiger partial charge in [-0.15, -0.1) is 0 Å². The zero-order valence-electron chi connectivity index (χ0n) is 10.5. The average molecular weight is 267 g/mol. The zero-order chi connectivity index (χ0) is 13.2. The lowest BCUT2D eigenvalue weighted by Crippen LogP contribution is -1.85. The van der Waals surface area contributed by atoms with Crippen LogP contribution in [0.3, 0.4) is 0 Å². The van der Waals surface area contributed by atoms with E-state index in [4.69, 9.17) is 5.73 Å². The maximum Gasteiger partial charge on any atom is 0.181 e. The molecule has 94 valence electrons. The number of nitrogens with two attached hydrogens (primary N) is 1. The van der Waals surface area contributed by atoms with Gasteiger partial charge in [-0.3, -0.25) is 4.98 Å². The Hall–Kier alpha value is -2.20. The van der Waals surface area contributed by atoms with Crippen LogP contribution in [0.15, 0.2) is 48.8 Å².